The number of aryl methyl sites for hydroxylation is 1. The molecule has 1 fully saturated rings. The van der Waals surface area contributed by atoms with Crippen LogP contribution in [0.4, 0.5) is 0 Å². The van der Waals surface area contributed by atoms with E-state index in [0.29, 0.717) is 18.3 Å². The van der Waals surface area contributed by atoms with Gasteiger partial charge < -0.3 is 4.90 Å². The van der Waals surface area contributed by atoms with Crippen molar-refractivity contribution in [2.45, 2.75) is 44.9 Å². The molecule has 0 unspecified atom stereocenters. The minimum Gasteiger partial charge on any atom is -0.342 e. The summed E-state index contributed by atoms with van der Waals surface area (Å²) in [7, 11) is 1.87. The summed E-state index contributed by atoms with van der Waals surface area (Å²) in [5.41, 5.74) is 2.15. The van der Waals surface area contributed by atoms with Crippen molar-refractivity contribution < 1.29 is 4.79 Å². The maximum atomic E-state index is 12.5. The van der Waals surface area contributed by atoms with Gasteiger partial charge in [0.05, 0.1) is 23.3 Å². The first kappa shape index (κ1) is 16.2. The first-order chi connectivity index (χ1) is 11.0. The number of carbonyl (C=O) groups is 1. The van der Waals surface area contributed by atoms with E-state index >= 15 is 0 Å². The highest BCUT2D eigenvalue weighted by Crippen LogP contribution is 2.31. The maximum Gasteiger partial charge on any atom is 0.227 e. The van der Waals surface area contributed by atoms with Gasteiger partial charge in [-0.25, -0.2) is 4.98 Å². The number of nitrogens with zero attached hydrogens (tertiary/aromatic N) is 4. The quantitative estimate of drug-likeness (QED) is 0.865. The number of hydrogen-bond acceptors (Lipinski definition) is 4. The zero-order valence-electron chi connectivity index (χ0n) is 14.0. The monoisotopic (exact) mass is 332 g/mol. The van der Waals surface area contributed by atoms with Crippen molar-refractivity contribution in [3.05, 3.63) is 34.0 Å². The molecule has 0 aliphatic carbocycles. The van der Waals surface area contributed by atoms with Crippen LogP contribution in [-0.2, 0) is 18.3 Å². The van der Waals surface area contributed by atoms with Crippen molar-refractivity contribution in [1.82, 2.24) is 19.7 Å². The number of likely N-dealkylation sites (tertiary alicyclic amines) is 1. The Balaban J connectivity index is 1.64. The van der Waals surface area contributed by atoms with Gasteiger partial charge in [-0.1, -0.05) is 13.8 Å². The second-order valence-electron chi connectivity index (χ2n) is 6.64. The Morgan fingerprint density at radius 3 is 2.96 bits per heavy atom. The van der Waals surface area contributed by atoms with E-state index < -0.39 is 0 Å². The Bertz CT molecular complexity index is 676. The molecule has 1 amide bonds. The van der Waals surface area contributed by atoms with E-state index in [1.807, 2.05) is 18.1 Å². The Morgan fingerprint density at radius 2 is 2.30 bits per heavy atom. The number of carbonyl (C=O) groups excluding carboxylic acids is 1. The van der Waals surface area contributed by atoms with Crippen molar-refractivity contribution in [1.29, 1.82) is 0 Å². The van der Waals surface area contributed by atoms with Gasteiger partial charge in [-0.15, -0.1) is 11.3 Å². The SMILES string of the molecule is CC(C)c1csc([C@@H]2CCCN(C(=O)Cc3cnn(C)c3)C2)n1. The summed E-state index contributed by atoms with van der Waals surface area (Å²) in [6.07, 6.45) is 6.31. The lowest BCUT2D eigenvalue weighted by Crippen LogP contribution is -2.39. The normalized spacial score (nSPS) is 18.6. The van der Waals surface area contributed by atoms with Crippen molar-refractivity contribution in [2.24, 2.45) is 7.05 Å². The Morgan fingerprint density at radius 1 is 1.48 bits per heavy atom. The molecule has 1 atom stereocenters. The van der Waals surface area contributed by atoms with Gasteiger partial charge in [0.15, 0.2) is 0 Å². The molecule has 0 spiro atoms. The summed E-state index contributed by atoms with van der Waals surface area (Å²) in [5.74, 6) is 1.05. The van der Waals surface area contributed by atoms with Crippen molar-refractivity contribution >= 4 is 17.2 Å². The van der Waals surface area contributed by atoms with E-state index in [1.165, 1.54) is 10.7 Å². The topological polar surface area (TPSA) is 51.0 Å². The van der Waals surface area contributed by atoms with E-state index in [1.54, 1.807) is 22.2 Å². The zero-order valence-corrected chi connectivity index (χ0v) is 14.8. The molecule has 23 heavy (non-hydrogen) atoms. The van der Waals surface area contributed by atoms with Gasteiger partial charge in [0.1, 0.15) is 0 Å². The smallest absolute Gasteiger partial charge is 0.227 e. The zero-order chi connectivity index (χ0) is 16.4. The van der Waals surface area contributed by atoms with Crippen molar-refractivity contribution in [2.75, 3.05) is 13.1 Å². The number of piperidine rings is 1. The molecule has 0 radical (unpaired) electrons. The summed E-state index contributed by atoms with van der Waals surface area (Å²) in [6, 6.07) is 0. The fourth-order valence-electron chi connectivity index (χ4n) is 3.01. The molecule has 6 heteroatoms. The molecular formula is C17H24N4OS. The predicted octanol–water partition coefficient (Wildman–Crippen LogP) is 2.95. The molecule has 1 saturated heterocycles. The van der Waals surface area contributed by atoms with Crippen LogP contribution in [-0.4, -0.2) is 38.7 Å². The molecule has 5 nitrogen and oxygen atoms in total. The van der Waals surface area contributed by atoms with Crippen LogP contribution in [0.25, 0.3) is 0 Å². The highest BCUT2D eigenvalue weighted by molar-refractivity contribution is 7.09. The van der Waals surface area contributed by atoms with E-state index in [2.05, 4.69) is 24.3 Å². The lowest BCUT2D eigenvalue weighted by atomic mass is 9.98. The predicted molar refractivity (Wildman–Crippen MR) is 91.7 cm³/mol. The molecule has 2 aromatic heterocycles. The van der Waals surface area contributed by atoms with Crippen LogP contribution in [0.15, 0.2) is 17.8 Å². The lowest BCUT2D eigenvalue weighted by Gasteiger charge is -2.31. The van der Waals surface area contributed by atoms with Crippen LogP contribution < -0.4 is 0 Å². The van der Waals surface area contributed by atoms with E-state index in [9.17, 15) is 4.79 Å². The van der Waals surface area contributed by atoms with Crippen LogP contribution in [0.3, 0.4) is 0 Å². The maximum absolute atomic E-state index is 12.5. The van der Waals surface area contributed by atoms with Gasteiger partial charge in [-0.2, -0.15) is 5.10 Å². The Kier molecular flexibility index (Phi) is 4.80. The molecule has 0 aromatic carbocycles. The van der Waals surface area contributed by atoms with Crippen LogP contribution >= 0.6 is 11.3 Å². The van der Waals surface area contributed by atoms with Gasteiger partial charge in [0.2, 0.25) is 5.91 Å². The molecular weight excluding hydrogens is 308 g/mol. The standard InChI is InChI=1S/C17H24N4OS/c1-12(2)15-11-23-17(19-15)14-5-4-6-21(10-14)16(22)7-13-8-18-20(3)9-13/h8-9,11-12,14H,4-7,10H2,1-3H3/t14-/m1/s1. The van der Waals surface area contributed by atoms with E-state index in [0.717, 1.165) is 31.5 Å². The molecule has 124 valence electrons. The number of hydrogen-bond donors (Lipinski definition) is 0. The minimum atomic E-state index is 0.198. The highest BCUT2D eigenvalue weighted by atomic mass is 32.1. The van der Waals surface area contributed by atoms with Gasteiger partial charge in [-0.3, -0.25) is 9.48 Å². The van der Waals surface area contributed by atoms with Crippen LogP contribution in [0, 0.1) is 0 Å². The number of thiazole rings is 1. The third-order valence-corrected chi connectivity index (χ3v) is 5.39. The number of aromatic nitrogens is 3. The number of amides is 1. The average molecular weight is 332 g/mol. The molecule has 2 aromatic rings. The van der Waals surface area contributed by atoms with Crippen LogP contribution in [0.2, 0.25) is 0 Å². The third kappa shape index (κ3) is 3.80. The summed E-state index contributed by atoms with van der Waals surface area (Å²) < 4.78 is 1.74. The van der Waals surface area contributed by atoms with E-state index in [4.69, 9.17) is 4.98 Å². The molecule has 0 N–H and O–H groups in total. The summed E-state index contributed by atoms with van der Waals surface area (Å²) in [6.45, 7) is 6.00. The Hall–Kier alpha value is -1.69. The molecule has 1 aliphatic heterocycles. The summed E-state index contributed by atoms with van der Waals surface area (Å²) in [4.78, 5) is 19.3. The fourth-order valence-corrected chi connectivity index (χ4v) is 4.12. The van der Waals surface area contributed by atoms with Gasteiger partial charge in [-0.05, 0) is 24.3 Å². The summed E-state index contributed by atoms with van der Waals surface area (Å²) >= 11 is 1.74. The lowest BCUT2D eigenvalue weighted by molar-refractivity contribution is -0.131. The van der Waals surface area contributed by atoms with Gasteiger partial charge in [0.25, 0.3) is 0 Å². The first-order valence-electron chi connectivity index (χ1n) is 8.23. The average Bonchev–Trinajstić information content (AvgIpc) is 3.17. The number of rotatable bonds is 4. The van der Waals surface area contributed by atoms with Crippen molar-refractivity contribution in [3.8, 4) is 0 Å². The van der Waals surface area contributed by atoms with Crippen molar-refractivity contribution in [3.63, 3.8) is 0 Å². The Labute approximate surface area is 141 Å². The van der Waals surface area contributed by atoms with Crippen LogP contribution in [0.1, 0.15) is 54.8 Å². The largest absolute Gasteiger partial charge is 0.342 e. The minimum absolute atomic E-state index is 0.198. The fraction of sp³-hybridized carbons (Fsp3) is 0.588. The van der Waals surface area contributed by atoms with Gasteiger partial charge >= 0.3 is 0 Å². The molecule has 3 rings (SSSR count). The molecule has 1 aliphatic rings. The van der Waals surface area contributed by atoms with E-state index in [-0.39, 0.29) is 5.91 Å². The second-order valence-corrected chi connectivity index (χ2v) is 7.53. The van der Waals surface area contributed by atoms with Crippen LogP contribution in [0.5, 0.6) is 0 Å². The molecule has 0 saturated carbocycles. The second kappa shape index (κ2) is 6.83. The molecule has 3 heterocycles. The van der Waals surface area contributed by atoms with Gasteiger partial charge in [0, 0.05) is 37.6 Å². The highest BCUT2D eigenvalue weighted by Gasteiger charge is 2.27. The third-order valence-electron chi connectivity index (χ3n) is 4.37. The molecule has 0 bridgehead atoms. The summed E-state index contributed by atoms with van der Waals surface area (Å²) in [5, 5.41) is 7.48. The first-order valence-corrected chi connectivity index (χ1v) is 9.11.